The molecule has 2 heterocycles. The first kappa shape index (κ1) is 19.6. The number of pyridine rings is 2. The molecule has 2 N–H and O–H groups in total. The number of benzene rings is 1. The Bertz CT molecular complexity index is 874. The van der Waals surface area contributed by atoms with Crippen LogP contribution in [0.25, 0.3) is 0 Å². The third-order valence-corrected chi connectivity index (χ3v) is 4.43. The molecule has 0 saturated heterocycles. The van der Waals surface area contributed by atoms with E-state index in [1.54, 1.807) is 43.0 Å². The van der Waals surface area contributed by atoms with E-state index in [-0.39, 0.29) is 5.91 Å². The standard InChI is InChI=1S/C22H23FN4O/c23-20-6-2-1-5-19(20)21(26-14-10-18-4-3-11-25-16-18)22(28)27-15-9-17-7-12-24-13-8-17/h1-8,11-13,16,21,26H,9-10,14-15H2,(H,27,28). The van der Waals surface area contributed by atoms with Gasteiger partial charge in [0.25, 0.3) is 0 Å². The number of hydrogen-bond donors (Lipinski definition) is 2. The smallest absolute Gasteiger partial charge is 0.241 e. The molecule has 3 aromatic rings. The van der Waals surface area contributed by atoms with E-state index in [9.17, 15) is 9.18 Å². The van der Waals surface area contributed by atoms with Gasteiger partial charge in [-0.05, 0) is 48.2 Å². The summed E-state index contributed by atoms with van der Waals surface area (Å²) in [5.41, 5.74) is 2.48. The van der Waals surface area contributed by atoms with Gasteiger partial charge >= 0.3 is 0 Å². The fraction of sp³-hybridized carbons (Fsp3) is 0.227. The lowest BCUT2D eigenvalue weighted by Gasteiger charge is -2.19. The predicted octanol–water partition coefficient (Wildman–Crippen LogP) is 2.85. The Kier molecular flexibility index (Phi) is 7.21. The van der Waals surface area contributed by atoms with Gasteiger partial charge in [-0.2, -0.15) is 0 Å². The minimum atomic E-state index is -0.754. The van der Waals surface area contributed by atoms with Gasteiger partial charge in [-0.3, -0.25) is 14.8 Å². The number of aromatic nitrogens is 2. The first-order valence-electron chi connectivity index (χ1n) is 9.27. The Hall–Kier alpha value is -3.12. The molecule has 0 aliphatic rings. The molecule has 1 aromatic carbocycles. The lowest BCUT2D eigenvalue weighted by molar-refractivity contribution is -0.123. The molecule has 28 heavy (non-hydrogen) atoms. The molecular weight excluding hydrogens is 355 g/mol. The summed E-state index contributed by atoms with van der Waals surface area (Å²) < 4.78 is 14.3. The van der Waals surface area contributed by atoms with E-state index < -0.39 is 11.9 Å². The van der Waals surface area contributed by atoms with E-state index in [0.29, 0.717) is 31.5 Å². The van der Waals surface area contributed by atoms with Crippen LogP contribution in [0, 0.1) is 5.82 Å². The number of amides is 1. The topological polar surface area (TPSA) is 66.9 Å². The number of hydrogen-bond acceptors (Lipinski definition) is 4. The van der Waals surface area contributed by atoms with Crippen molar-refractivity contribution in [3.05, 3.63) is 95.8 Å². The van der Waals surface area contributed by atoms with Gasteiger partial charge in [0.05, 0.1) is 0 Å². The second-order valence-corrected chi connectivity index (χ2v) is 6.42. The van der Waals surface area contributed by atoms with Gasteiger partial charge in [0.1, 0.15) is 11.9 Å². The molecule has 1 amide bonds. The van der Waals surface area contributed by atoms with E-state index in [0.717, 1.165) is 11.1 Å². The predicted molar refractivity (Wildman–Crippen MR) is 106 cm³/mol. The zero-order valence-electron chi connectivity index (χ0n) is 15.5. The van der Waals surface area contributed by atoms with Crippen molar-refractivity contribution < 1.29 is 9.18 Å². The normalized spacial score (nSPS) is 11.8. The van der Waals surface area contributed by atoms with E-state index in [1.807, 2.05) is 24.3 Å². The van der Waals surface area contributed by atoms with E-state index >= 15 is 0 Å². The molecule has 144 valence electrons. The molecule has 2 aromatic heterocycles. The molecule has 6 heteroatoms. The van der Waals surface area contributed by atoms with Gasteiger partial charge in [-0.1, -0.05) is 24.3 Å². The Morgan fingerprint density at radius 3 is 2.43 bits per heavy atom. The summed E-state index contributed by atoms with van der Waals surface area (Å²) >= 11 is 0. The van der Waals surface area contributed by atoms with Crippen LogP contribution in [0.5, 0.6) is 0 Å². The van der Waals surface area contributed by atoms with Crippen LogP contribution in [0.1, 0.15) is 22.7 Å². The van der Waals surface area contributed by atoms with Gasteiger partial charge in [-0.15, -0.1) is 0 Å². The number of halogens is 1. The van der Waals surface area contributed by atoms with Crippen molar-refractivity contribution in [3.63, 3.8) is 0 Å². The lowest BCUT2D eigenvalue weighted by atomic mass is 10.0. The second kappa shape index (κ2) is 10.3. The average molecular weight is 378 g/mol. The maximum Gasteiger partial charge on any atom is 0.241 e. The highest BCUT2D eigenvalue weighted by Gasteiger charge is 2.22. The van der Waals surface area contributed by atoms with Crippen LogP contribution in [0.2, 0.25) is 0 Å². The van der Waals surface area contributed by atoms with Crippen LogP contribution in [0.4, 0.5) is 4.39 Å². The maximum absolute atomic E-state index is 14.3. The van der Waals surface area contributed by atoms with Crippen molar-refractivity contribution in [2.75, 3.05) is 13.1 Å². The molecule has 0 aliphatic carbocycles. The summed E-state index contributed by atoms with van der Waals surface area (Å²) in [6.07, 6.45) is 8.33. The molecule has 0 fully saturated rings. The highest BCUT2D eigenvalue weighted by atomic mass is 19.1. The molecule has 0 bridgehead atoms. The minimum Gasteiger partial charge on any atom is -0.354 e. The number of nitrogens with zero attached hydrogens (tertiary/aromatic N) is 2. The van der Waals surface area contributed by atoms with Crippen molar-refractivity contribution in [3.8, 4) is 0 Å². The molecule has 3 rings (SSSR count). The van der Waals surface area contributed by atoms with Crippen LogP contribution in [-0.4, -0.2) is 29.0 Å². The Morgan fingerprint density at radius 2 is 1.68 bits per heavy atom. The number of nitrogens with one attached hydrogen (secondary N) is 2. The summed E-state index contributed by atoms with van der Waals surface area (Å²) in [5, 5.41) is 6.09. The fourth-order valence-electron chi connectivity index (χ4n) is 2.94. The molecule has 5 nitrogen and oxygen atoms in total. The van der Waals surface area contributed by atoms with Gasteiger partial charge in [-0.25, -0.2) is 4.39 Å². The number of rotatable bonds is 9. The van der Waals surface area contributed by atoms with Crippen LogP contribution < -0.4 is 10.6 Å². The van der Waals surface area contributed by atoms with Crippen LogP contribution in [0.3, 0.4) is 0 Å². The van der Waals surface area contributed by atoms with Gasteiger partial charge < -0.3 is 10.6 Å². The Balaban J connectivity index is 1.61. The Labute approximate surface area is 164 Å². The van der Waals surface area contributed by atoms with E-state index in [1.165, 1.54) is 6.07 Å². The van der Waals surface area contributed by atoms with Crippen molar-refractivity contribution in [1.82, 2.24) is 20.6 Å². The van der Waals surface area contributed by atoms with Crippen molar-refractivity contribution in [2.45, 2.75) is 18.9 Å². The van der Waals surface area contributed by atoms with Crippen LogP contribution in [-0.2, 0) is 17.6 Å². The number of carbonyl (C=O) groups excluding carboxylic acids is 1. The van der Waals surface area contributed by atoms with Crippen LogP contribution in [0.15, 0.2) is 73.3 Å². The van der Waals surface area contributed by atoms with Gasteiger partial charge in [0.15, 0.2) is 0 Å². The van der Waals surface area contributed by atoms with E-state index in [4.69, 9.17) is 0 Å². The SMILES string of the molecule is O=C(NCCc1ccncc1)C(NCCc1cccnc1)c1ccccc1F. The quantitative estimate of drug-likeness (QED) is 0.601. The first-order chi connectivity index (χ1) is 13.7. The van der Waals surface area contributed by atoms with Gasteiger partial charge in [0, 0.05) is 43.4 Å². The zero-order valence-corrected chi connectivity index (χ0v) is 15.5. The van der Waals surface area contributed by atoms with Crippen molar-refractivity contribution in [1.29, 1.82) is 0 Å². The minimum absolute atomic E-state index is 0.245. The zero-order chi connectivity index (χ0) is 19.6. The van der Waals surface area contributed by atoms with E-state index in [2.05, 4.69) is 20.6 Å². The summed E-state index contributed by atoms with van der Waals surface area (Å²) in [6.45, 7) is 1.00. The summed E-state index contributed by atoms with van der Waals surface area (Å²) in [6, 6.07) is 13.3. The fourth-order valence-corrected chi connectivity index (χ4v) is 2.94. The molecule has 0 spiro atoms. The molecule has 0 saturated carbocycles. The summed E-state index contributed by atoms with van der Waals surface area (Å²) in [4.78, 5) is 20.8. The largest absolute Gasteiger partial charge is 0.354 e. The second-order valence-electron chi connectivity index (χ2n) is 6.42. The molecule has 1 atom stereocenters. The molecule has 0 aliphatic heterocycles. The third kappa shape index (κ3) is 5.69. The summed E-state index contributed by atoms with van der Waals surface area (Å²) in [7, 11) is 0. The maximum atomic E-state index is 14.3. The van der Waals surface area contributed by atoms with Crippen molar-refractivity contribution in [2.24, 2.45) is 0 Å². The van der Waals surface area contributed by atoms with Gasteiger partial charge in [0.2, 0.25) is 5.91 Å². The monoisotopic (exact) mass is 378 g/mol. The number of carbonyl (C=O) groups is 1. The first-order valence-corrected chi connectivity index (χ1v) is 9.27. The third-order valence-electron chi connectivity index (χ3n) is 4.43. The molecule has 1 unspecified atom stereocenters. The van der Waals surface area contributed by atoms with Crippen molar-refractivity contribution >= 4 is 5.91 Å². The van der Waals surface area contributed by atoms with Crippen LogP contribution >= 0.6 is 0 Å². The Morgan fingerprint density at radius 1 is 0.893 bits per heavy atom. The highest BCUT2D eigenvalue weighted by molar-refractivity contribution is 5.83. The molecular formula is C22H23FN4O. The molecule has 0 radical (unpaired) electrons. The highest BCUT2D eigenvalue weighted by Crippen LogP contribution is 2.17. The summed E-state index contributed by atoms with van der Waals surface area (Å²) in [5.74, 6) is -0.643. The lowest BCUT2D eigenvalue weighted by Crippen LogP contribution is -2.39. The average Bonchev–Trinajstić information content (AvgIpc) is 2.73.